The lowest BCUT2D eigenvalue weighted by molar-refractivity contribution is -0.401. The fourth-order valence-corrected chi connectivity index (χ4v) is 3.05. The third kappa shape index (κ3) is 3.40. The predicted molar refractivity (Wildman–Crippen MR) is 95.4 cm³/mol. The van der Waals surface area contributed by atoms with Crippen molar-refractivity contribution in [2.24, 2.45) is 9.98 Å². The maximum Gasteiger partial charge on any atom is 0.446 e. The molecular formula is C16H15FN5O3S+. The van der Waals surface area contributed by atoms with Gasteiger partial charge in [0.1, 0.15) is 5.82 Å². The quantitative estimate of drug-likeness (QED) is 0.619. The number of imide groups is 1. The zero-order chi connectivity index (χ0) is 18.8. The van der Waals surface area contributed by atoms with Crippen LogP contribution in [0.15, 0.2) is 34.3 Å². The molecule has 0 aromatic heterocycles. The predicted octanol–water partition coefficient (Wildman–Crippen LogP) is 0.732. The molecule has 8 nitrogen and oxygen atoms in total. The second kappa shape index (κ2) is 7.16. The zero-order valence-corrected chi connectivity index (χ0v) is 14.8. The average Bonchev–Trinajstić information content (AvgIpc) is 3.06. The highest BCUT2D eigenvalue weighted by Gasteiger charge is 2.44. The maximum absolute atomic E-state index is 13.1. The minimum atomic E-state index is -0.498. The van der Waals surface area contributed by atoms with Crippen LogP contribution in [-0.2, 0) is 4.79 Å². The van der Waals surface area contributed by atoms with E-state index >= 15 is 0 Å². The summed E-state index contributed by atoms with van der Waals surface area (Å²) in [7, 11) is 2.90. The topological polar surface area (TPSA) is 94.2 Å². The molecule has 4 amide bonds. The van der Waals surface area contributed by atoms with Crippen molar-refractivity contribution in [1.29, 1.82) is 0 Å². The first-order valence-corrected chi connectivity index (χ1v) is 8.64. The number of thioether (sulfide) groups is 1. The van der Waals surface area contributed by atoms with E-state index in [0.29, 0.717) is 17.5 Å². The van der Waals surface area contributed by atoms with Crippen molar-refractivity contribution in [3.63, 3.8) is 0 Å². The van der Waals surface area contributed by atoms with Gasteiger partial charge in [-0.15, -0.1) is 0 Å². The number of nitrogens with one attached hydrogen (secondary N) is 1. The molecule has 0 bridgehead atoms. The standard InChI is InChI=1S/C16H14FN5O3S/c1-21-12-11(14(24)22(2)16(21)25)19-15(20-12)26-7-6-18-13(23)9-4-3-5-10(17)8-9/h3-5,8H,6-7H2,1-2H3/p+1. The highest BCUT2D eigenvalue weighted by atomic mass is 32.2. The van der Waals surface area contributed by atoms with Gasteiger partial charge in [0, 0.05) is 17.9 Å². The minimum Gasteiger partial charge on any atom is -0.351 e. The number of amides is 4. The van der Waals surface area contributed by atoms with Crippen molar-refractivity contribution in [3.05, 3.63) is 35.6 Å². The second-order valence-corrected chi connectivity index (χ2v) is 6.56. The number of halogens is 1. The van der Waals surface area contributed by atoms with Crippen molar-refractivity contribution >= 4 is 46.3 Å². The average molecular weight is 376 g/mol. The maximum atomic E-state index is 13.1. The third-order valence-corrected chi connectivity index (χ3v) is 4.57. The van der Waals surface area contributed by atoms with E-state index in [4.69, 9.17) is 0 Å². The van der Waals surface area contributed by atoms with Crippen LogP contribution in [0.1, 0.15) is 10.4 Å². The summed E-state index contributed by atoms with van der Waals surface area (Å²) in [6.45, 7) is 0.307. The molecule has 0 unspecified atom stereocenters. The van der Waals surface area contributed by atoms with Crippen LogP contribution in [-0.4, -0.2) is 70.4 Å². The smallest absolute Gasteiger partial charge is 0.351 e. The summed E-state index contributed by atoms with van der Waals surface area (Å²) < 4.78 is 14.4. The minimum absolute atomic E-state index is 0.126. The molecule has 1 aromatic carbocycles. The van der Waals surface area contributed by atoms with Crippen LogP contribution in [0.2, 0.25) is 0 Å². The Morgan fingerprint density at radius 1 is 1.35 bits per heavy atom. The van der Waals surface area contributed by atoms with E-state index in [-0.39, 0.29) is 23.0 Å². The molecule has 1 aromatic rings. The number of rotatable bonds is 4. The summed E-state index contributed by atoms with van der Waals surface area (Å²) in [5, 5.41) is 3.01. The lowest BCUT2D eigenvalue weighted by Gasteiger charge is -2.15. The highest BCUT2D eigenvalue weighted by molar-refractivity contribution is 8.14. The van der Waals surface area contributed by atoms with Crippen LogP contribution >= 0.6 is 11.8 Å². The van der Waals surface area contributed by atoms with Gasteiger partial charge in [-0.05, 0) is 18.2 Å². The van der Waals surface area contributed by atoms with Crippen molar-refractivity contribution in [1.82, 2.24) is 10.2 Å². The molecule has 1 N–H and O–H groups in total. The van der Waals surface area contributed by atoms with Gasteiger partial charge >= 0.3 is 17.8 Å². The van der Waals surface area contributed by atoms with Crippen molar-refractivity contribution in [2.45, 2.75) is 0 Å². The number of amidine groups is 2. The summed E-state index contributed by atoms with van der Waals surface area (Å²) in [6.07, 6.45) is 0. The van der Waals surface area contributed by atoms with E-state index in [1.807, 2.05) is 0 Å². The van der Waals surface area contributed by atoms with Gasteiger partial charge in [-0.2, -0.15) is 14.5 Å². The van der Waals surface area contributed by atoms with Crippen molar-refractivity contribution < 1.29 is 23.3 Å². The Balaban J connectivity index is 1.57. The van der Waals surface area contributed by atoms with Crippen LogP contribution in [0.3, 0.4) is 0 Å². The largest absolute Gasteiger partial charge is 0.446 e. The van der Waals surface area contributed by atoms with Gasteiger partial charge in [-0.25, -0.2) is 14.0 Å². The summed E-state index contributed by atoms with van der Waals surface area (Å²) in [4.78, 5) is 45.2. The Labute approximate surface area is 152 Å². The molecule has 0 radical (unpaired) electrons. The number of hydrogen-bond acceptors (Lipinski definition) is 6. The van der Waals surface area contributed by atoms with Gasteiger partial charge in [0.05, 0.1) is 14.1 Å². The molecule has 26 heavy (non-hydrogen) atoms. The van der Waals surface area contributed by atoms with Gasteiger partial charge < -0.3 is 5.32 Å². The number of benzene rings is 1. The lowest BCUT2D eigenvalue weighted by atomic mass is 10.2. The van der Waals surface area contributed by atoms with Gasteiger partial charge in [0.15, 0.2) is 0 Å². The Morgan fingerprint density at radius 2 is 2.12 bits per heavy atom. The van der Waals surface area contributed by atoms with E-state index in [1.165, 1.54) is 48.6 Å². The van der Waals surface area contributed by atoms with Gasteiger partial charge in [0.25, 0.3) is 11.1 Å². The highest BCUT2D eigenvalue weighted by Crippen LogP contribution is 2.16. The summed E-state index contributed by atoms with van der Waals surface area (Å²) in [5.41, 5.74) is 0.365. The molecule has 10 heteroatoms. The SMILES string of the molecule is CN1C(=O)C2=NC(SCCNC(=O)c3cccc(F)c3)=NC2=[N+](C)C1=O. The molecule has 134 valence electrons. The lowest BCUT2D eigenvalue weighted by Crippen LogP contribution is -2.51. The van der Waals surface area contributed by atoms with E-state index in [1.54, 1.807) is 0 Å². The molecule has 0 fully saturated rings. The van der Waals surface area contributed by atoms with Crippen LogP contribution in [0.4, 0.5) is 9.18 Å². The Morgan fingerprint density at radius 3 is 2.85 bits per heavy atom. The number of carbonyl (C=O) groups is 3. The number of nitrogens with zero attached hydrogens (tertiary/aromatic N) is 4. The molecule has 2 aliphatic heterocycles. The molecule has 0 saturated heterocycles. The number of aliphatic imine (C=N–C) groups is 2. The molecule has 0 aliphatic carbocycles. The number of urea groups is 1. The van der Waals surface area contributed by atoms with Gasteiger partial charge in [0.2, 0.25) is 5.71 Å². The molecular weight excluding hydrogens is 361 g/mol. The number of fused-ring (bicyclic) bond motifs is 1. The fourth-order valence-electron chi connectivity index (χ4n) is 2.36. The molecule has 0 spiro atoms. The molecule has 0 atom stereocenters. The summed E-state index contributed by atoms with van der Waals surface area (Å²) >= 11 is 1.24. The molecule has 2 heterocycles. The summed E-state index contributed by atoms with van der Waals surface area (Å²) in [6, 6.07) is 4.94. The van der Waals surface area contributed by atoms with Crippen molar-refractivity contribution in [3.8, 4) is 0 Å². The van der Waals surface area contributed by atoms with E-state index in [9.17, 15) is 18.8 Å². The first kappa shape index (κ1) is 17.9. The van der Waals surface area contributed by atoms with Crippen LogP contribution in [0, 0.1) is 5.82 Å². The van der Waals surface area contributed by atoms with Gasteiger partial charge in [-0.3, -0.25) is 4.79 Å². The van der Waals surface area contributed by atoms with Crippen LogP contribution < -0.4 is 5.32 Å². The molecule has 0 saturated carbocycles. The third-order valence-electron chi connectivity index (χ3n) is 3.73. The Bertz CT molecular complexity index is 909. The van der Waals surface area contributed by atoms with E-state index < -0.39 is 17.8 Å². The number of hydrogen-bond donors (Lipinski definition) is 1. The number of carbonyl (C=O) groups excluding carboxylic acids is 3. The van der Waals surface area contributed by atoms with Gasteiger partial charge in [-0.1, -0.05) is 22.8 Å². The summed E-state index contributed by atoms with van der Waals surface area (Å²) in [5.74, 6) is -0.677. The van der Waals surface area contributed by atoms with E-state index in [2.05, 4.69) is 15.3 Å². The fraction of sp³-hybridized carbons (Fsp3) is 0.250. The normalized spacial score (nSPS) is 16.5. The van der Waals surface area contributed by atoms with E-state index in [0.717, 1.165) is 11.0 Å². The monoisotopic (exact) mass is 376 g/mol. The van der Waals surface area contributed by atoms with Crippen LogP contribution in [0.25, 0.3) is 0 Å². The Hall–Kier alpha value is -2.88. The first-order valence-electron chi connectivity index (χ1n) is 7.65. The van der Waals surface area contributed by atoms with Crippen LogP contribution in [0.5, 0.6) is 0 Å². The Kier molecular flexibility index (Phi) is 4.94. The van der Waals surface area contributed by atoms with Crippen molar-refractivity contribution in [2.75, 3.05) is 26.4 Å². The first-order chi connectivity index (χ1) is 12.4. The molecule has 3 rings (SSSR count). The second-order valence-electron chi connectivity index (χ2n) is 5.50. The molecule has 2 aliphatic rings. The zero-order valence-electron chi connectivity index (χ0n) is 14.0.